The predicted molar refractivity (Wildman–Crippen MR) is 115 cm³/mol. The average molecular weight is 444 g/mol. The minimum Gasteiger partial charge on any atom is -0.274 e. The summed E-state index contributed by atoms with van der Waals surface area (Å²) in [7, 11) is 0. The predicted octanol–water partition coefficient (Wildman–Crippen LogP) is 5.15. The fourth-order valence-corrected chi connectivity index (χ4v) is 6.02. The topological polar surface area (TPSA) is 37.4 Å². The molecular weight excluding hydrogens is 426 g/mol. The molecule has 1 fully saturated rings. The third-order valence-corrected chi connectivity index (χ3v) is 7.72. The number of carbonyl (C=O) groups excluding carboxylic acids is 2. The van der Waals surface area contributed by atoms with Gasteiger partial charge in [-0.3, -0.25) is 9.59 Å². The van der Waals surface area contributed by atoms with E-state index in [1.165, 1.54) is 27.2 Å². The molecule has 3 nitrogen and oxygen atoms in total. The Bertz CT molecular complexity index is 1100. The summed E-state index contributed by atoms with van der Waals surface area (Å²) in [6.07, 6.45) is 0. The van der Waals surface area contributed by atoms with Crippen molar-refractivity contribution in [2.75, 3.05) is 4.90 Å². The Hall–Kier alpha value is -2.72. The third kappa shape index (κ3) is 2.13. The molecule has 0 aromatic heterocycles. The normalized spacial score (nSPS) is 26.3. The van der Waals surface area contributed by atoms with Crippen molar-refractivity contribution in [2.24, 2.45) is 11.8 Å². The van der Waals surface area contributed by atoms with Crippen molar-refractivity contribution in [3.8, 4) is 0 Å². The fourth-order valence-electron chi connectivity index (χ4n) is 5.65. The van der Waals surface area contributed by atoms with E-state index in [4.69, 9.17) is 0 Å². The van der Waals surface area contributed by atoms with Gasteiger partial charge >= 0.3 is 0 Å². The van der Waals surface area contributed by atoms with E-state index in [1.54, 1.807) is 0 Å². The first kappa shape index (κ1) is 17.2. The minimum absolute atomic E-state index is 0.0623. The second-order valence-electron chi connectivity index (χ2n) is 8.21. The summed E-state index contributed by atoms with van der Waals surface area (Å²) in [5.41, 5.74) is 6.52. The van der Waals surface area contributed by atoms with Gasteiger partial charge in [-0.15, -0.1) is 0 Å². The lowest BCUT2D eigenvalue weighted by Crippen LogP contribution is -2.41. The van der Waals surface area contributed by atoms with Crippen molar-refractivity contribution in [1.82, 2.24) is 0 Å². The maximum atomic E-state index is 13.6. The van der Waals surface area contributed by atoms with Gasteiger partial charge in [-0.05, 0) is 46.9 Å². The molecule has 142 valence electrons. The van der Waals surface area contributed by atoms with Crippen molar-refractivity contribution < 1.29 is 9.59 Å². The minimum atomic E-state index is -0.336. The molecule has 0 radical (unpaired) electrons. The summed E-state index contributed by atoms with van der Waals surface area (Å²) in [4.78, 5) is 28.7. The standard InChI is InChI=1S/C25H18BrNO2/c1-13-10-11-14(12-19(13)26)27-24(28)22-20-15-6-2-3-7-16(15)21(23(22)25(27)29)18-9-5-4-8-17(18)20/h2-12,20-23H,1H3/t20?,21?,22-,23-/m1/s1. The molecule has 0 saturated carbocycles. The number of aryl methyl sites for hydroxylation is 1. The zero-order valence-corrected chi connectivity index (χ0v) is 17.4. The van der Waals surface area contributed by atoms with Crippen LogP contribution in [0.3, 0.4) is 0 Å². The lowest BCUT2D eigenvalue weighted by atomic mass is 9.55. The number of hydrogen-bond acceptors (Lipinski definition) is 2. The summed E-state index contributed by atoms with van der Waals surface area (Å²) in [5, 5.41) is 0. The Balaban J connectivity index is 1.56. The van der Waals surface area contributed by atoms with Crippen LogP contribution in [0, 0.1) is 18.8 Å². The number of nitrogens with zero attached hydrogens (tertiary/aromatic N) is 1. The van der Waals surface area contributed by atoms with E-state index in [0.29, 0.717) is 5.69 Å². The molecule has 3 aromatic carbocycles. The maximum Gasteiger partial charge on any atom is 0.238 e. The summed E-state index contributed by atoms with van der Waals surface area (Å²) < 4.78 is 0.903. The highest BCUT2D eigenvalue weighted by Crippen LogP contribution is 2.61. The van der Waals surface area contributed by atoms with Crippen LogP contribution in [0.5, 0.6) is 0 Å². The molecule has 3 aromatic rings. The van der Waals surface area contributed by atoms with Crippen LogP contribution in [-0.2, 0) is 9.59 Å². The molecule has 3 aliphatic carbocycles. The Morgan fingerprint density at radius 2 is 1.17 bits per heavy atom. The lowest BCUT2D eigenvalue weighted by molar-refractivity contribution is -0.122. The van der Waals surface area contributed by atoms with Gasteiger partial charge in [-0.25, -0.2) is 4.90 Å². The van der Waals surface area contributed by atoms with Crippen molar-refractivity contribution in [2.45, 2.75) is 18.8 Å². The number of rotatable bonds is 1. The molecule has 0 N–H and O–H groups in total. The number of benzene rings is 3. The molecule has 4 heteroatoms. The van der Waals surface area contributed by atoms with Crippen LogP contribution >= 0.6 is 15.9 Å². The van der Waals surface area contributed by atoms with E-state index in [-0.39, 0.29) is 35.5 Å². The lowest BCUT2D eigenvalue weighted by Gasteiger charge is -2.45. The van der Waals surface area contributed by atoms with Gasteiger partial charge in [0.1, 0.15) is 0 Å². The fraction of sp³-hybridized carbons (Fsp3) is 0.200. The van der Waals surface area contributed by atoms with Crippen LogP contribution in [-0.4, -0.2) is 11.8 Å². The molecule has 0 spiro atoms. The van der Waals surface area contributed by atoms with E-state index >= 15 is 0 Å². The van der Waals surface area contributed by atoms with Crippen LogP contribution in [0.4, 0.5) is 5.69 Å². The molecule has 1 heterocycles. The van der Waals surface area contributed by atoms with E-state index in [9.17, 15) is 9.59 Å². The van der Waals surface area contributed by atoms with Crippen molar-refractivity contribution in [1.29, 1.82) is 0 Å². The first-order valence-electron chi connectivity index (χ1n) is 9.89. The van der Waals surface area contributed by atoms with Crippen molar-refractivity contribution in [3.63, 3.8) is 0 Å². The third-order valence-electron chi connectivity index (χ3n) is 6.86. The highest BCUT2D eigenvalue weighted by Gasteiger charge is 2.61. The molecular formula is C25H18BrNO2. The van der Waals surface area contributed by atoms with Crippen LogP contribution in [0.2, 0.25) is 0 Å². The van der Waals surface area contributed by atoms with Gasteiger partial charge in [0.2, 0.25) is 11.8 Å². The molecule has 2 bridgehead atoms. The van der Waals surface area contributed by atoms with Crippen molar-refractivity contribution >= 4 is 33.4 Å². The van der Waals surface area contributed by atoms with Crippen molar-refractivity contribution in [3.05, 3.63) is 99.0 Å². The Kier molecular flexibility index (Phi) is 3.49. The number of halogens is 1. The van der Waals surface area contributed by atoms with Gasteiger partial charge in [-0.1, -0.05) is 70.5 Å². The monoisotopic (exact) mass is 443 g/mol. The molecule has 2 amide bonds. The van der Waals surface area contributed by atoms with Crippen LogP contribution in [0.25, 0.3) is 0 Å². The SMILES string of the molecule is Cc1ccc(N2C(=O)[C@@H]3C4c5ccccc5C(c5ccccc54)[C@H]3C2=O)cc1Br. The summed E-state index contributed by atoms with van der Waals surface area (Å²) in [6.45, 7) is 1.99. The number of imide groups is 1. The molecule has 7 rings (SSSR count). The molecule has 1 saturated heterocycles. The second kappa shape index (κ2) is 5.90. The quantitative estimate of drug-likeness (QED) is 0.487. The van der Waals surface area contributed by atoms with Gasteiger partial charge in [-0.2, -0.15) is 0 Å². The Morgan fingerprint density at radius 3 is 1.59 bits per heavy atom. The van der Waals surface area contributed by atoms with E-state index in [2.05, 4.69) is 40.2 Å². The van der Waals surface area contributed by atoms with Gasteiger partial charge in [0.05, 0.1) is 17.5 Å². The van der Waals surface area contributed by atoms with E-state index in [1.807, 2.05) is 49.4 Å². The zero-order chi connectivity index (χ0) is 19.9. The smallest absolute Gasteiger partial charge is 0.238 e. The highest BCUT2D eigenvalue weighted by molar-refractivity contribution is 9.10. The zero-order valence-electron chi connectivity index (χ0n) is 15.8. The van der Waals surface area contributed by atoms with Crippen LogP contribution in [0.1, 0.15) is 39.7 Å². The van der Waals surface area contributed by atoms with E-state index < -0.39 is 0 Å². The van der Waals surface area contributed by atoms with Crippen LogP contribution < -0.4 is 4.90 Å². The Labute approximate surface area is 177 Å². The largest absolute Gasteiger partial charge is 0.274 e. The summed E-state index contributed by atoms with van der Waals surface area (Å²) >= 11 is 3.54. The first-order chi connectivity index (χ1) is 14.1. The molecule has 0 unspecified atom stereocenters. The van der Waals surface area contributed by atoms with Crippen LogP contribution in [0.15, 0.2) is 71.2 Å². The Morgan fingerprint density at radius 1 is 0.724 bits per heavy atom. The first-order valence-corrected chi connectivity index (χ1v) is 10.7. The number of amides is 2. The average Bonchev–Trinajstić information content (AvgIpc) is 3.01. The number of carbonyl (C=O) groups is 2. The van der Waals surface area contributed by atoms with Gasteiger partial charge in [0, 0.05) is 16.3 Å². The molecule has 2 atom stereocenters. The molecule has 1 aliphatic heterocycles. The van der Waals surface area contributed by atoms with E-state index in [0.717, 1.165) is 10.0 Å². The second-order valence-corrected chi connectivity index (χ2v) is 9.06. The maximum absolute atomic E-state index is 13.6. The molecule has 4 aliphatic rings. The number of anilines is 1. The summed E-state index contributed by atoms with van der Waals surface area (Å²) in [5.74, 6) is -0.945. The van der Waals surface area contributed by atoms with Gasteiger partial charge in [0.15, 0.2) is 0 Å². The molecule has 29 heavy (non-hydrogen) atoms. The van der Waals surface area contributed by atoms with Gasteiger partial charge < -0.3 is 0 Å². The highest BCUT2D eigenvalue weighted by atomic mass is 79.9. The van der Waals surface area contributed by atoms with Gasteiger partial charge in [0.25, 0.3) is 0 Å². The summed E-state index contributed by atoms with van der Waals surface area (Å²) in [6, 6.07) is 22.3. The number of hydrogen-bond donors (Lipinski definition) is 0.